The highest BCUT2D eigenvalue weighted by molar-refractivity contribution is 5.99. The number of para-hydroxylation sites is 2. The van der Waals surface area contributed by atoms with Crippen molar-refractivity contribution in [3.8, 4) is 5.75 Å². The first-order valence-electron chi connectivity index (χ1n) is 14.0. The Labute approximate surface area is 229 Å². The predicted molar refractivity (Wildman–Crippen MR) is 157 cm³/mol. The summed E-state index contributed by atoms with van der Waals surface area (Å²) in [5.74, 6) is 2.93. The van der Waals surface area contributed by atoms with Gasteiger partial charge < -0.3 is 19.1 Å². The highest BCUT2D eigenvalue weighted by Crippen LogP contribution is 2.25. The molecule has 0 amide bonds. The van der Waals surface area contributed by atoms with Gasteiger partial charge in [-0.3, -0.25) is 0 Å². The number of nitrogens with zero attached hydrogens (tertiary/aromatic N) is 7. The van der Waals surface area contributed by atoms with E-state index in [0.29, 0.717) is 12.6 Å². The van der Waals surface area contributed by atoms with E-state index in [1.165, 1.54) is 25.7 Å². The Morgan fingerprint density at radius 3 is 2.15 bits per heavy atom. The molecule has 2 aromatic carbocycles. The van der Waals surface area contributed by atoms with Crippen LogP contribution in [-0.4, -0.2) is 58.5 Å². The van der Waals surface area contributed by atoms with E-state index in [9.17, 15) is 0 Å². The van der Waals surface area contributed by atoms with E-state index in [4.69, 9.17) is 19.7 Å². The lowest BCUT2D eigenvalue weighted by atomic mass is 10.1. The molecular formula is C30H36N8O. The van der Waals surface area contributed by atoms with E-state index >= 15 is 0 Å². The summed E-state index contributed by atoms with van der Waals surface area (Å²) in [7, 11) is 0. The maximum Gasteiger partial charge on any atom is 0.250 e. The van der Waals surface area contributed by atoms with Gasteiger partial charge in [-0.15, -0.1) is 0 Å². The normalized spacial score (nSPS) is 15.6. The second kappa shape index (κ2) is 11.3. The van der Waals surface area contributed by atoms with Crippen LogP contribution in [0.2, 0.25) is 0 Å². The first kappa shape index (κ1) is 25.2. The fourth-order valence-corrected chi connectivity index (χ4v) is 5.52. The van der Waals surface area contributed by atoms with Gasteiger partial charge in [0.05, 0.1) is 12.8 Å². The van der Waals surface area contributed by atoms with Gasteiger partial charge in [0.2, 0.25) is 17.8 Å². The molecular weight excluding hydrogens is 488 g/mol. The van der Waals surface area contributed by atoms with Crippen LogP contribution in [0.5, 0.6) is 5.75 Å². The number of hydrogen-bond acceptors (Lipinski definition) is 8. The van der Waals surface area contributed by atoms with E-state index in [-0.39, 0.29) is 0 Å². The molecule has 0 atom stereocenters. The van der Waals surface area contributed by atoms with Crippen molar-refractivity contribution in [2.24, 2.45) is 5.10 Å². The number of hydrazone groups is 1. The fourth-order valence-electron chi connectivity index (χ4n) is 5.52. The van der Waals surface area contributed by atoms with Crippen LogP contribution in [0.25, 0.3) is 10.9 Å². The Hall–Kier alpha value is -4.14. The van der Waals surface area contributed by atoms with Crippen molar-refractivity contribution in [3.63, 3.8) is 0 Å². The Morgan fingerprint density at radius 2 is 1.49 bits per heavy atom. The summed E-state index contributed by atoms with van der Waals surface area (Å²) >= 11 is 0. The third-order valence-electron chi connectivity index (χ3n) is 7.56. The maximum atomic E-state index is 6.18. The molecule has 0 radical (unpaired) electrons. The second-order valence-corrected chi connectivity index (χ2v) is 10.4. The highest BCUT2D eigenvalue weighted by Gasteiger charge is 2.21. The third-order valence-corrected chi connectivity index (χ3v) is 7.56. The van der Waals surface area contributed by atoms with Crippen LogP contribution < -0.4 is 20.0 Å². The average Bonchev–Trinajstić information content (AvgIpc) is 3.73. The molecule has 0 saturated carbocycles. The Balaban J connectivity index is 1.19. The number of ether oxygens (including phenoxy) is 1. The van der Waals surface area contributed by atoms with Crippen molar-refractivity contribution < 1.29 is 4.74 Å². The SMILES string of the molecule is Cc1cccc(C)c1OCCn1cc(C=NNc2nc(N3CCCC3)nc(N3CCCC3)n2)c2ccccc21. The first-order valence-corrected chi connectivity index (χ1v) is 14.0. The maximum absolute atomic E-state index is 6.18. The minimum atomic E-state index is 0.482. The number of aromatic nitrogens is 4. The van der Waals surface area contributed by atoms with E-state index in [1.54, 1.807) is 0 Å². The molecule has 2 aliphatic rings. The molecule has 0 spiro atoms. The number of aryl methyl sites for hydroxylation is 2. The highest BCUT2D eigenvalue weighted by atomic mass is 16.5. The standard InChI is InChI=1S/C30H36N8O/c1-22-10-9-11-23(2)27(22)39-19-18-38-21-24(25-12-3-4-13-26(25)38)20-31-35-28-32-29(36-14-5-6-15-36)34-30(33-28)37-16-7-8-17-37/h3-4,9-13,20-21H,5-8,14-19H2,1-2H3,(H,32,33,34,35). The van der Waals surface area contributed by atoms with Gasteiger partial charge >= 0.3 is 0 Å². The summed E-state index contributed by atoms with van der Waals surface area (Å²) in [5, 5.41) is 5.69. The summed E-state index contributed by atoms with van der Waals surface area (Å²) in [6, 6.07) is 14.6. The largest absolute Gasteiger partial charge is 0.491 e. The number of nitrogens with one attached hydrogen (secondary N) is 1. The number of hydrogen-bond donors (Lipinski definition) is 1. The smallest absolute Gasteiger partial charge is 0.250 e. The number of benzene rings is 2. The summed E-state index contributed by atoms with van der Waals surface area (Å²) in [4.78, 5) is 18.7. The molecule has 2 aliphatic heterocycles. The predicted octanol–water partition coefficient (Wildman–Crippen LogP) is 5.17. The summed E-state index contributed by atoms with van der Waals surface area (Å²) < 4.78 is 8.40. The second-order valence-electron chi connectivity index (χ2n) is 10.4. The zero-order valence-corrected chi connectivity index (χ0v) is 22.8. The van der Waals surface area contributed by atoms with Crippen LogP contribution in [-0.2, 0) is 6.54 Å². The van der Waals surface area contributed by atoms with Crippen LogP contribution >= 0.6 is 0 Å². The molecule has 202 valence electrons. The Morgan fingerprint density at radius 1 is 0.846 bits per heavy atom. The summed E-state index contributed by atoms with van der Waals surface area (Å²) in [6.45, 7) is 9.44. The molecule has 9 heteroatoms. The van der Waals surface area contributed by atoms with E-state index in [1.807, 2.05) is 6.21 Å². The molecule has 0 aliphatic carbocycles. The van der Waals surface area contributed by atoms with E-state index in [0.717, 1.165) is 78.0 Å². The van der Waals surface area contributed by atoms with Crippen LogP contribution in [0.4, 0.5) is 17.8 Å². The fraction of sp³-hybridized carbons (Fsp3) is 0.400. The van der Waals surface area contributed by atoms with Gasteiger partial charge in [0.25, 0.3) is 0 Å². The number of anilines is 3. The Kier molecular flexibility index (Phi) is 7.29. The van der Waals surface area contributed by atoms with Crippen molar-refractivity contribution in [2.45, 2.75) is 46.1 Å². The average molecular weight is 525 g/mol. The lowest BCUT2D eigenvalue weighted by molar-refractivity contribution is 0.296. The molecule has 4 aromatic rings. The van der Waals surface area contributed by atoms with Gasteiger partial charge in [-0.25, -0.2) is 5.43 Å². The lowest BCUT2D eigenvalue weighted by Gasteiger charge is -2.20. The van der Waals surface area contributed by atoms with E-state index in [2.05, 4.69) is 87.4 Å². The van der Waals surface area contributed by atoms with Gasteiger partial charge in [-0.2, -0.15) is 20.1 Å². The minimum absolute atomic E-state index is 0.482. The quantitative estimate of drug-likeness (QED) is 0.239. The number of rotatable bonds is 9. The molecule has 2 fully saturated rings. The third kappa shape index (κ3) is 5.53. The lowest BCUT2D eigenvalue weighted by Crippen LogP contribution is -2.25. The molecule has 1 N–H and O–H groups in total. The van der Waals surface area contributed by atoms with Crippen molar-refractivity contribution in [1.29, 1.82) is 0 Å². The molecule has 39 heavy (non-hydrogen) atoms. The molecule has 9 nitrogen and oxygen atoms in total. The molecule has 0 unspecified atom stereocenters. The van der Waals surface area contributed by atoms with Gasteiger partial charge in [-0.1, -0.05) is 36.4 Å². The topological polar surface area (TPSA) is 83.7 Å². The van der Waals surface area contributed by atoms with Crippen molar-refractivity contribution in [3.05, 3.63) is 65.4 Å². The summed E-state index contributed by atoms with van der Waals surface area (Å²) in [5.41, 5.74) is 7.58. The molecule has 2 aromatic heterocycles. The molecule has 4 heterocycles. The van der Waals surface area contributed by atoms with Gasteiger partial charge in [0.1, 0.15) is 12.4 Å². The molecule has 2 saturated heterocycles. The van der Waals surface area contributed by atoms with Gasteiger partial charge in [-0.05, 0) is 56.7 Å². The molecule has 6 rings (SSSR count). The van der Waals surface area contributed by atoms with Gasteiger partial charge in [0.15, 0.2) is 0 Å². The zero-order chi connectivity index (χ0) is 26.6. The zero-order valence-electron chi connectivity index (χ0n) is 22.8. The monoisotopic (exact) mass is 524 g/mol. The summed E-state index contributed by atoms with van der Waals surface area (Å²) in [6.07, 6.45) is 8.66. The minimum Gasteiger partial charge on any atom is -0.491 e. The van der Waals surface area contributed by atoms with Crippen molar-refractivity contribution in [1.82, 2.24) is 19.5 Å². The van der Waals surface area contributed by atoms with E-state index < -0.39 is 0 Å². The van der Waals surface area contributed by atoms with Crippen molar-refractivity contribution >= 4 is 35.0 Å². The number of fused-ring (bicyclic) bond motifs is 1. The van der Waals surface area contributed by atoms with Crippen LogP contribution in [0.15, 0.2) is 53.8 Å². The van der Waals surface area contributed by atoms with Crippen LogP contribution in [0.3, 0.4) is 0 Å². The Bertz CT molecular complexity index is 1410. The molecule has 0 bridgehead atoms. The van der Waals surface area contributed by atoms with Crippen LogP contribution in [0, 0.1) is 13.8 Å². The first-order chi connectivity index (χ1) is 19.2. The van der Waals surface area contributed by atoms with Gasteiger partial charge in [0, 0.05) is 48.8 Å². The van der Waals surface area contributed by atoms with Crippen molar-refractivity contribution in [2.75, 3.05) is 48.0 Å². The van der Waals surface area contributed by atoms with Crippen LogP contribution in [0.1, 0.15) is 42.4 Å².